The van der Waals surface area contributed by atoms with Crippen LogP contribution in [-0.4, -0.2) is 10.9 Å². The van der Waals surface area contributed by atoms with Crippen LogP contribution in [0.15, 0.2) is 66.9 Å². The quantitative estimate of drug-likeness (QED) is 0.722. The van der Waals surface area contributed by atoms with E-state index in [2.05, 4.69) is 21.7 Å². The molecule has 122 valence electrons. The van der Waals surface area contributed by atoms with Crippen molar-refractivity contribution >= 4 is 34.6 Å². The summed E-state index contributed by atoms with van der Waals surface area (Å²) < 4.78 is 0. The second kappa shape index (κ2) is 7.47. The van der Waals surface area contributed by atoms with Gasteiger partial charge in [0.15, 0.2) is 0 Å². The molecule has 0 fully saturated rings. The summed E-state index contributed by atoms with van der Waals surface area (Å²) in [4.78, 5) is 16.4. The molecule has 3 rings (SSSR count). The Morgan fingerprint density at radius 1 is 1.04 bits per heavy atom. The second-order valence-electron chi connectivity index (χ2n) is 5.18. The van der Waals surface area contributed by atoms with Crippen molar-refractivity contribution in [2.24, 2.45) is 0 Å². The van der Waals surface area contributed by atoms with Gasteiger partial charge in [0.1, 0.15) is 5.69 Å². The van der Waals surface area contributed by atoms with Gasteiger partial charge >= 0.3 is 0 Å². The van der Waals surface area contributed by atoms with E-state index in [1.54, 1.807) is 60.8 Å². The van der Waals surface area contributed by atoms with Gasteiger partial charge in [-0.15, -0.1) is 0 Å². The number of halogens is 1. The van der Waals surface area contributed by atoms with Crippen molar-refractivity contribution in [3.8, 4) is 6.07 Å². The van der Waals surface area contributed by atoms with Crippen LogP contribution in [0.3, 0.4) is 0 Å². The van der Waals surface area contributed by atoms with E-state index in [4.69, 9.17) is 16.9 Å². The first-order chi connectivity index (χ1) is 12.2. The first kappa shape index (κ1) is 16.5. The van der Waals surface area contributed by atoms with E-state index in [0.29, 0.717) is 22.0 Å². The number of para-hydroxylation sites is 1. The number of benzene rings is 2. The molecule has 0 aliphatic heterocycles. The lowest BCUT2D eigenvalue weighted by Gasteiger charge is -2.08. The predicted molar refractivity (Wildman–Crippen MR) is 98.1 cm³/mol. The Morgan fingerprint density at radius 3 is 2.60 bits per heavy atom. The van der Waals surface area contributed by atoms with Gasteiger partial charge in [0.2, 0.25) is 0 Å². The summed E-state index contributed by atoms with van der Waals surface area (Å²) in [6, 6.07) is 19.5. The third-order valence-corrected chi connectivity index (χ3v) is 3.73. The smallest absolute Gasteiger partial charge is 0.274 e. The summed E-state index contributed by atoms with van der Waals surface area (Å²) in [5, 5.41) is 15.2. The lowest BCUT2D eigenvalue weighted by atomic mass is 10.2. The molecule has 2 aromatic carbocycles. The van der Waals surface area contributed by atoms with Gasteiger partial charge in [-0.3, -0.25) is 4.79 Å². The molecule has 1 heterocycles. The highest BCUT2D eigenvalue weighted by atomic mass is 35.5. The molecule has 0 radical (unpaired) electrons. The molecule has 0 spiro atoms. The zero-order valence-electron chi connectivity index (χ0n) is 13.0. The van der Waals surface area contributed by atoms with Crippen molar-refractivity contribution < 1.29 is 4.79 Å². The third-order valence-electron chi connectivity index (χ3n) is 3.40. The Labute approximate surface area is 149 Å². The summed E-state index contributed by atoms with van der Waals surface area (Å²) in [6.45, 7) is 0. The fraction of sp³-hybridized carbons (Fsp3) is 0. The van der Waals surface area contributed by atoms with E-state index in [1.807, 2.05) is 6.07 Å². The molecule has 0 unspecified atom stereocenters. The fourth-order valence-corrected chi connectivity index (χ4v) is 2.37. The minimum Gasteiger partial charge on any atom is -0.354 e. The zero-order valence-corrected chi connectivity index (χ0v) is 13.8. The van der Waals surface area contributed by atoms with Crippen molar-refractivity contribution in [2.45, 2.75) is 0 Å². The van der Waals surface area contributed by atoms with Gasteiger partial charge in [-0.1, -0.05) is 29.8 Å². The standard InChI is InChI=1S/C19H13ClN4O/c20-16-6-1-2-7-17(16)24-19(25)18-9-8-15(12-22-18)23-14-5-3-4-13(10-14)11-21/h1-10,12,23H,(H,24,25). The minimum absolute atomic E-state index is 0.274. The SMILES string of the molecule is N#Cc1cccc(Nc2ccc(C(=O)Nc3ccccc3Cl)nc2)c1. The van der Waals surface area contributed by atoms with E-state index < -0.39 is 0 Å². The number of nitrogens with one attached hydrogen (secondary N) is 2. The van der Waals surface area contributed by atoms with Gasteiger partial charge in [0.25, 0.3) is 5.91 Å². The molecule has 6 heteroatoms. The molecule has 2 N–H and O–H groups in total. The molecule has 0 aliphatic rings. The average molecular weight is 349 g/mol. The lowest BCUT2D eigenvalue weighted by Crippen LogP contribution is -2.13. The van der Waals surface area contributed by atoms with Gasteiger partial charge in [-0.05, 0) is 42.5 Å². The van der Waals surface area contributed by atoms with Gasteiger partial charge in [0, 0.05) is 5.69 Å². The molecule has 0 aliphatic carbocycles. The number of anilines is 3. The lowest BCUT2D eigenvalue weighted by molar-refractivity contribution is 0.102. The highest BCUT2D eigenvalue weighted by molar-refractivity contribution is 6.33. The number of hydrogen-bond acceptors (Lipinski definition) is 4. The molecular weight excluding hydrogens is 336 g/mol. The number of carbonyl (C=O) groups is 1. The van der Waals surface area contributed by atoms with Crippen LogP contribution in [0.25, 0.3) is 0 Å². The molecule has 3 aromatic rings. The monoisotopic (exact) mass is 348 g/mol. The van der Waals surface area contributed by atoms with E-state index in [9.17, 15) is 4.79 Å². The van der Waals surface area contributed by atoms with Crippen LogP contribution in [0.1, 0.15) is 16.1 Å². The topological polar surface area (TPSA) is 77.8 Å². The van der Waals surface area contributed by atoms with Crippen LogP contribution in [0, 0.1) is 11.3 Å². The highest BCUT2D eigenvalue weighted by Gasteiger charge is 2.09. The van der Waals surface area contributed by atoms with E-state index in [0.717, 1.165) is 5.69 Å². The fourth-order valence-electron chi connectivity index (χ4n) is 2.18. The Kier molecular flexibility index (Phi) is 4.93. The molecule has 0 atom stereocenters. The maximum absolute atomic E-state index is 12.2. The van der Waals surface area contributed by atoms with Crippen LogP contribution in [0.4, 0.5) is 17.1 Å². The number of amides is 1. The Balaban J connectivity index is 1.70. The Hall–Kier alpha value is -3.36. The van der Waals surface area contributed by atoms with Crippen LogP contribution in [0.5, 0.6) is 0 Å². The van der Waals surface area contributed by atoms with Crippen LogP contribution in [0.2, 0.25) is 5.02 Å². The number of aromatic nitrogens is 1. The molecule has 0 bridgehead atoms. The maximum atomic E-state index is 12.2. The molecule has 1 amide bonds. The van der Waals surface area contributed by atoms with Crippen molar-refractivity contribution in [1.29, 1.82) is 5.26 Å². The maximum Gasteiger partial charge on any atom is 0.274 e. The van der Waals surface area contributed by atoms with Crippen LogP contribution >= 0.6 is 11.6 Å². The summed E-state index contributed by atoms with van der Waals surface area (Å²) in [5.41, 5.74) is 2.86. The van der Waals surface area contributed by atoms with Crippen molar-refractivity contribution in [3.63, 3.8) is 0 Å². The Morgan fingerprint density at radius 2 is 1.88 bits per heavy atom. The summed E-state index contributed by atoms with van der Waals surface area (Å²) in [5.74, 6) is -0.342. The van der Waals surface area contributed by atoms with Crippen molar-refractivity contribution in [3.05, 3.63) is 83.1 Å². The van der Waals surface area contributed by atoms with E-state index in [-0.39, 0.29) is 11.6 Å². The van der Waals surface area contributed by atoms with Crippen LogP contribution in [-0.2, 0) is 0 Å². The summed E-state index contributed by atoms with van der Waals surface area (Å²) in [6.07, 6.45) is 1.56. The minimum atomic E-state index is -0.342. The molecule has 5 nitrogen and oxygen atoms in total. The number of rotatable bonds is 4. The first-order valence-corrected chi connectivity index (χ1v) is 7.82. The van der Waals surface area contributed by atoms with E-state index >= 15 is 0 Å². The summed E-state index contributed by atoms with van der Waals surface area (Å²) in [7, 11) is 0. The normalized spacial score (nSPS) is 9.92. The van der Waals surface area contributed by atoms with Crippen molar-refractivity contribution in [1.82, 2.24) is 4.98 Å². The molecule has 0 saturated heterocycles. The second-order valence-corrected chi connectivity index (χ2v) is 5.59. The molecule has 0 saturated carbocycles. The van der Waals surface area contributed by atoms with E-state index in [1.165, 1.54) is 0 Å². The van der Waals surface area contributed by atoms with Gasteiger partial charge in [0.05, 0.1) is 34.2 Å². The Bertz CT molecular complexity index is 948. The summed E-state index contributed by atoms with van der Waals surface area (Å²) >= 11 is 6.03. The number of nitriles is 1. The average Bonchev–Trinajstić information content (AvgIpc) is 2.64. The van der Waals surface area contributed by atoms with Crippen LogP contribution < -0.4 is 10.6 Å². The predicted octanol–water partition coefficient (Wildman–Crippen LogP) is 4.60. The highest BCUT2D eigenvalue weighted by Crippen LogP contribution is 2.21. The first-order valence-electron chi connectivity index (χ1n) is 7.45. The molecule has 1 aromatic heterocycles. The number of pyridine rings is 1. The van der Waals surface area contributed by atoms with Gasteiger partial charge in [-0.25, -0.2) is 4.98 Å². The zero-order chi connectivity index (χ0) is 17.6. The van der Waals surface area contributed by atoms with Gasteiger partial charge in [-0.2, -0.15) is 5.26 Å². The number of carbonyl (C=O) groups excluding carboxylic acids is 1. The molecular formula is C19H13ClN4O. The number of hydrogen-bond donors (Lipinski definition) is 2. The molecule has 25 heavy (non-hydrogen) atoms. The third kappa shape index (κ3) is 4.14. The number of nitrogens with zero attached hydrogens (tertiary/aromatic N) is 2. The van der Waals surface area contributed by atoms with Crippen molar-refractivity contribution in [2.75, 3.05) is 10.6 Å². The largest absolute Gasteiger partial charge is 0.354 e. The van der Waals surface area contributed by atoms with Gasteiger partial charge < -0.3 is 10.6 Å².